The van der Waals surface area contributed by atoms with Crippen LogP contribution in [0.4, 0.5) is 13.2 Å². The van der Waals surface area contributed by atoms with Gasteiger partial charge in [-0.1, -0.05) is 0 Å². The lowest BCUT2D eigenvalue weighted by molar-refractivity contribution is -0.148. The van der Waals surface area contributed by atoms with Gasteiger partial charge in [-0.3, -0.25) is 14.5 Å². The molecule has 1 N–H and O–H groups in total. The Morgan fingerprint density at radius 3 is 2.42 bits per heavy atom. The third-order valence-corrected chi connectivity index (χ3v) is 4.31. The van der Waals surface area contributed by atoms with Crippen LogP contribution in [0.5, 0.6) is 0 Å². The summed E-state index contributed by atoms with van der Waals surface area (Å²) in [5, 5.41) is 2.81. The molecule has 0 aliphatic carbocycles. The zero-order valence-electron chi connectivity index (χ0n) is 13.8. The van der Waals surface area contributed by atoms with Gasteiger partial charge in [-0.25, -0.2) is 0 Å². The number of amides is 1. The maximum absolute atomic E-state index is 12.4. The van der Waals surface area contributed by atoms with Crippen molar-refractivity contribution in [2.45, 2.75) is 25.9 Å². The van der Waals surface area contributed by atoms with Crippen LogP contribution in [0.3, 0.4) is 0 Å². The zero-order chi connectivity index (χ0) is 17.9. The normalized spacial score (nSPS) is 17.0. The minimum absolute atomic E-state index is 0.110. The monoisotopic (exact) mass is 345 g/mol. The molecule has 0 atom stereocenters. The van der Waals surface area contributed by atoms with E-state index in [1.165, 1.54) is 11.8 Å². The summed E-state index contributed by atoms with van der Waals surface area (Å²) in [6.45, 7) is 1.77. The number of ketones is 1. The van der Waals surface area contributed by atoms with Gasteiger partial charge in [-0.05, 0) is 44.8 Å². The number of rotatable bonds is 5. The molecule has 1 aromatic heterocycles. The number of hydrogen-bond acceptors (Lipinski definition) is 3. The molecular weight excluding hydrogens is 323 g/mol. The largest absolute Gasteiger partial charge is 0.401 e. The highest BCUT2D eigenvalue weighted by Gasteiger charge is 2.32. The third-order valence-electron chi connectivity index (χ3n) is 4.31. The van der Waals surface area contributed by atoms with Crippen molar-refractivity contribution in [2.75, 3.05) is 26.2 Å². The van der Waals surface area contributed by atoms with Crippen molar-refractivity contribution in [2.24, 2.45) is 13.0 Å². The highest BCUT2D eigenvalue weighted by Crippen LogP contribution is 2.22. The first kappa shape index (κ1) is 18.5. The van der Waals surface area contributed by atoms with Crippen LogP contribution in [-0.2, 0) is 7.05 Å². The summed E-state index contributed by atoms with van der Waals surface area (Å²) in [7, 11) is 1.69. The van der Waals surface area contributed by atoms with Crippen LogP contribution >= 0.6 is 0 Å². The summed E-state index contributed by atoms with van der Waals surface area (Å²) in [5.41, 5.74) is 0.873. The minimum atomic E-state index is -4.16. The molecule has 1 aliphatic heterocycles. The molecular formula is C16H22F3N3O2. The van der Waals surface area contributed by atoms with Gasteiger partial charge in [0, 0.05) is 25.4 Å². The van der Waals surface area contributed by atoms with Gasteiger partial charge < -0.3 is 9.88 Å². The van der Waals surface area contributed by atoms with Gasteiger partial charge in [-0.15, -0.1) is 0 Å². The Morgan fingerprint density at radius 1 is 1.29 bits per heavy atom. The lowest BCUT2D eigenvalue weighted by Crippen LogP contribution is -2.42. The van der Waals surface area contributed by atoms with E-state index in [1.807, 2.05) is 0 Å². The summed E-state index contributed by atoms with van der Waals surface area (Å²) >= 11 is 0. The second kappa shape index (κ2) is 7.38. The second-order valence-electron chi connectivity index (χ2n) is 6.33. The summed E-state index contributed by atoms with van der Waals surface area (Å²) in [6.07, 6.45) is -1.31. The topological polar surface area (TPSA) is 54.3 Å². The lowest BCUT2D eigenvalue weighted by atomic mass is 9.96. The molecule has 0 spiro atoms. The smallest absolute Gasteiger partial charge is 0.350 e. The summed E-state index contributed by atoms with van der Waals surface area (Å²) in [4.78, 5) is 24.9. The Hall–Kier alpha value is -1.83. The van der Waals surface area contributed by atoms with E-state index in [0.717, 1.165) is 0 Å². The standard InChI is InChI=1S/C16H22F3N3O2/c1-11(23)13-7-14(21(2)9-13)15(24)20-8-12-3-5-22(6-4-12)10-16(17,18)19/h7,9,12H,3-6,8,10H2,1-2H3,(H,20,24). The Kier molecular flexibility index (Phi) is 5.69. The van der Waals surface area contributed by atoms with Crippen molar-refractivity contribution in [1.82, 2.24) is 14.8 Å². The molecule has 1 aliphatic rings. The Morgan fingerprint density at radius 2 is 1.92 bits per heavy atom. The quantitative estimate of drug-likeness (QED) is 0.833. The maximum atomic E-state index is 12.4. The van der Waals surface area contributed by atoms with Gasteiger partial charge in [0.25, 0.3) is 5.91 Å². The van der Waals surface area contributed by atoms with E-state index in [2.05, 4.69) is 5.32 Å². The van der Waals surface area contributed by atoms with Crippen molar-refractivity contribution in [3.63, 3.8) is 0 Å². The van der Waals surface area contributed by atoms with E-state index in [-0.39, 0.29) is 17.6 Å². The van der Waals surface area contributed by atoms with Gasteiger partial charge in [0.2, 0.25) is 0 Å². The van der Waals surface area contributed by atoms with E-state index in [9.17, 15) is 22.8 Å². The van der Waals surface area contributed by atoms with Crippen LogP contribution in [0.25, 0.3) is 0 Å². The van der Waals surface area contributed by atoms with Crippen LogP contribution in [0.1, 0.15) is 40.6 Å². The second-order valence-corrected chi connectivity index (χ2v) is 6.33. The molecule has 1 amide bonds. The van der Waals surface area contributed by atoms with Crippen molar-refractivity contribution >= 4 is 11.7 Å². The van der Waals surface area contributed by atoms with E-state index in [4.69, 9.17) is 0 Å². The molecule has 8 heteroatoms. The molecule has 2 rings (SSSR count). The number of carbonyl (C=O) groups is 2. The van der Waals surface area contributed by atoms with Crippen LogP contribution in [-0.4, -0.2) is 53.5 Å². The van der Waals surface area contributed by atoms with Gasteiger partial charge in [0.15, 0.2) is 5.78 Å². The predicted octanol–water partition coefficient (Wildman–Crippen LogP) is 2.23. The summed E-state index contributed by atoms with van der Waals surface area (Å²) in [6, 6.07) is 1.55. The number of Topliss-reactive ketones (excluding diaryl/α,β-unsaturated/α-hetero) is 1. The molecule has 1 fully saturated rings. The van der Waals surface area contributed by atoms with Crippen molar-refractivity contribution in [3.8, 4) is 0 Å². The van der Waals surface area contributed by atoms with Gasteiger partial charge >= 0.3 is 6.18 Å². The van der Waals surface area contributed by atoms with Crippen LogP contribution in [0, 0.1) is 5.92 Å². The number of aryl methyl sites for hydroxylation is 1. The maximum Gasteiger partial charge on any atom is 0.401 e. The Balaban J connectivity index is 1.80. The number of nitrogens with one attached hydrogen (secondary N) is 1. The van der Waals surface area contributed by atoms with E-state index in [1.54, 1.807) is 23.9 Å². The van der Waals surface area contributed by atoms with Crippen LogP contribution in [0.15, 0.2) is 12.3 Å². The SMILES string of the molecule is CC(=O)c1cc(C(=O)NCC2CCN(CC(F)(F)F)CC2)n(C)c1. The first-order valence-electron chi connectivity index (χ1n) is 7.90. The number of halogens is 3. The molecule has 0 radical (unpaired) electrons. The Bertz CT molecular complexity index is 602. The molecule has 0 bridgehead atoms. The van der Waals surface area contributed by atoms with E-state index in [0.29, 0.717) is 43.7 Å². The average molecular weight is 345 g/mol. The fourth-order valence-electron chi connectivity index (χ4n) is 2.91. The molecule has 0 aromatic carbocycles. The van der Waals surface area contributed by atoms with Crippen molar-refractivity contribution < 1.29 is 22.8 Å². The number of piperidine rings is 1. The van der Waals surface area contributed by atoms with E-state index < -0.39 is 12.7 Å². The highest BCUT2D eigenvalue weighted by atomic mass is 19.4. The first-order valence-corrected chi connectivity index (χ1v) is 7.90. The zero-order valence-corrected chi connectivity index (χ0v) is 13.8. The fraction of sp³-hybridized carbons (Fsp3) is 0.625. The van der Waals surface area contributed by atoms with Crippen molar-refractivity contribution in [1.29, 1.82) is 0 Å². The van der Waals surface area contributed by atoms with E-state index >= 15 is 0 Å². The fourth-order valence-corrected chi connectivity index (χ4v) is 2.91. The first-order chi connectivity index (χ1) is 11.2. The van der Waals surface area contributed by atoms with Gasteiger partial charge in [0.1, 0.15) is 5.69 Å². The summed E-state index contributed by atoms with van der Waals surface area (Å²) < 4.78 is 38.6. The molecule has 1 aromatic rings. The van der Waals surface area contributed by atoms with Gasteiger partial charge in [-0.2, -0.15) is 13.2 Å². The van der Waals surface area contributed by atoms with Crippen molar-refractivity contribution in [3.05, 3.63) is 23.5 Å². The molecule has 2 heterocycles. The number of hydrogen-bond donors (Lipinski definition) is 1. The number of nitrogens with zero attached hydrogens (tertiary/aromatic N) is 2. The number of carbonyl (C=O) groups excluding carboxylic acids is 2. The molecule has 1 saturated heterocycles. The predicted molar refractivity (Wildman–Crippen MR) is 83.0 cm³/mol. The summed E-state index contributed by atoms with van der Waals surface area (Å²) in [5.74, 6) is -0.213. The van der Waals surface area contributed by atoms with Crippen LogP contribution in [0.2, 0.25) is 0 Å². The van der Waals surface area contributed by atoms with Crippen LogP contribution < -0.4 is 5.32 Å². The molecule has 5 nitrogen and oxygen atoms in total. The van der Waals surface area contributed by atoms with Gasteiger partial charge in [0.05, 0.1) is 6.54 Å². The molecule has 0 unspecified atom stereocenters. The number of likely N-dealkylation sites (tertiary alicyclic amines) is 1. The third kappa shape index (κ3) is 5.09. The molecule has 0 saturated carbocycles. The highest BCUT2D eigenvalue weighted by molar-refractivity contribution is 5.99. The number of alkyl halides is 3. The number of aromatic nitrogens is 1. The lowest BCUT2D eigenvalue weighted by Gasteiger charge is -2.32. The molecule has 24 heavy (non-hydrogen) atoms. The Labute approximate surface area is 138 Å². The molecule has 134 valence electrons. The minimum Gasteiger partial charge on any atom is -0.350 e. The average Bonchev–Trinajstić information content (AvgIpc) is 2.87.